The summed E-state index contributed by atoms with van der Waals surface area (Å²) < 4.78 is 30.0. The highest BCUT2D eigenvalue weighted by Gasteiger charge is 2.22. The molecule has 0 N–H and O–H groups in total. The molecule has 0 bridgehead atoms. The van der Waals surface area contributed by atoms with Crippen LogP contribution in [-0.4, -0.2) is 16.1 Å². The second-order valence-electron chi connectivity index (χ2n) is 8.09. The highest BCUT2D eigenvalue weighted by atomic mass is 19.1. The lowest BCUT2D eigenvalue weighted by Gasteiger charge is -2.20. The molecule has 0 saturated heterocycles. The number of esters is 1. The van der Waals surface area contributed by atoms with Crippen LogP contribution < -0.4 is 10.4 Å². The van der Waals surface area contributed by atoms with E-state index in [2.05, 4.69) is 10.1 Å². The normalized spacial score (nSPS) is 11.6. The monoisotopic (exact) mass is 422 g/mol. The van der Waals surface area contributed by atoms with Crippen LogP contribution in [0.5, 0.6) is 5.75 Å². The van der Waals surface area contributed by atoms with Crippen molar-refractivity contribution in [3.8, 4) is 28.6 Å². The Hall–Kier alpha value is -3.81. The largest absolute Gasteiger partial charge is 0.423 e. The van der Waals surface area contributed by atoms with E-state index in [9.17, 15) is 14.0 Å². The summed E-state index contributed by atoms with van der Waals surface area (Å²) in [5.74, 6) is -0.997. The Labute approximate surface area is 176 Å². The Kier molecular flexibility index (Phi) is 4.93. The minimum Gasteiger partial charge on any atom is -0.423 e. The van der Waals surface area contributed by atoms with Crippen LogP contribution in [0.1, 0.15) is 33.3 Å². The number of rotatable bonds is 3. The van der Waals surface area contributed by atoms with E-state index >= 15 is 0 Å². The zero-order valence-electron chi connectivity index (χ0n) is 17.4. The van der Waals surface area contributed by atoms with Crippen LogP contribution in [0, 0.1) is 5.82 Å². The van der Waals surface area contributed by atoms with Gasteiger partial charge in [-0.05, 0) is 41.3 Å². The van der Waals surface area contributed by atoms with Crippen LogP contribution in [-0.2, 0) is 10.2 Å². The number of carbonyl (C=O) groups is 1. The van der Waals surface area contributed by atoms with E-state index in [1.165, 1.54) is 25.1 Å². The van der Waals surface area contributed by atoms with E-state index in [4.69, 9.17) is 13.7 Å². The second kappa shape index (κ2) is 7.46. The Morgan fingerprint density at radius 1 is 1.10 bits per heavy atom. The van der Waals surface area contributed by atoms with E-state index in [0.29, 0.717) is 5.39 Å². The molecule has 158 valence electrons. The zero-order chi connectivity index (χ0) is 22.3. The summed E-state index contributed by atoms with van der Waals surface area (Å²) in [5, 5.41) is 4.30. The molecular formula is C23H19FN2O5. The van der Waals surface area contributed by atoms with E-state index in [1.54, 1.807) is 18.2 Å². The fraction of sp³-hybridized carbons (Fsp3) is 0.217. The molecule has 0 amide bonds. The standard InChI is InChI=1S/C23H19FN2O5/c1-12(27)29-18-11-14(23(2,3)4)9-13-10-16(22(28)30-19(13)18)21-25-20(26-31-21)15-7-5-6-8-17(15)24/h5-11H,1-4H3. The first-order valence-electron chi connectivity index (χ1n) is 9.53. The minimum atomic E-state index is -0.756. The Morgan fingerprint density at radius 3 is 2.52 bits per heavy atom. The summed E-state index contributed by atoms with van der Waals surface area (Å²) in [6.07, 6.45) is 0. The lowest BCUT2D eigenvalue weighted by atomic mass is 9.86. The van der Waals surface area contributed by atoms with Crippen molar-refractivity contribution in [1.82, 2.24) is 10.1 Å². The van der Waals surface area contributed by atoms with Crippen molar-refractivity contribution < 1.29 is 22.9 Å². The molecule has 0 radical (unpaired) electrons. The van der Waals surface area contributed by atoms with Crippen LogP contribution in [0.15, 0.2) is 56.2 Å². The van der Waals surface area contributed by atoms with Gasteiger partial charge in [0.2, 0.25) is 5.82 Å². The summed E-state index contributed by atoms with van der Waals surface area (Å²) in [6.45, 7) is 7.28. The first-order valence-corrected chi connectivity index (χ1v) is 9.53. The summed E-state index contributed by atoms with van der Waals surface area (Å²) in [4.78, 5) is 28.4. The van der Waals surface area contributed by atoms with E-state index in [-0.39, 0.29) is 39.6 Å². The molecule has 8 heteroatoms. The van der Waals surface area contributed by atoms with Crippen molar-refractivity contribution in [2.24, 2.45) is 0 Å². The average Bonchev–Trinajstić information content (AvgIpc) is 3.16. The maximum absolute atomic E-state index is 14.0. The van der Waals surface area contributed by atoms with E-state index in [1.807, 2.05) is 26.8 Å². The number of hydrogen-bond donors (Lipinski definition) is 0. The molecule has 0 spiro atoms. The predicted octanol–water partition coefficient (Wildman–Crippen LogP) is 4.87. The topological polar surface area (TPSA) is 95.4 Å². The van der Waals surface area contributed by atoms with Gasteiger partial charge in [0.25, 0.3) is 5.89 Å². The molecule has 31 heavy (non-hydrogen) atoms. The van der Waals surface area contributed by atoms with Crippen LogP contribution >= 0.6 is 0 Å². The number of hydrogen-bond acceptors (Lipinski definition) is 7. The van der Waals surface area contributed by atoms with Gasteiger partial charge in [-0.25, -0.2) is 9.18 Å². The van der Waals surface area contributed by atoms with Gasteiger partial charge in [0, 0.05) is 12.3 Å². The number of benzene rings is 2. The average molecular weight is 422 g/mol. The van der Waals surface area contributed by atoms with Crippen molar-refractivity contribution in [1.29, 1.82) is 0 Å². The Morgan fingerprint density at radius 2 is 1.84 bits per heavy atom. The number of nitrogens with zero attached hydrogens (tertiary/aromatic N) is 2. The number of halogens is 1. The van der Waals surface area contributed by atoms with Gasteiger partial charge in [-0.1, -0.05) is 38.1 Å². The molecular weight excluding hydrogens is 403 g/mol. The maximum atomic E-state index is 14.0. The molecule has 0 saturated carbocycles. The SMILES string of the molecule is CC(=O)Oc1cc(C(C)(C)C)cc2cc(-c3nc(-c4ccccc4F)no3)c(=O)oc12. The van der Waals surface area contributed by atoms with Crippen LogP contribution in [0.4, 0.5) is 4.39 Å². The third kappa shape index (κ3) is 3.96. The predicted molar refractivity (Wildman–Crippen MR) is 111 cm³/mol. The first-order chi connectivity index (χ1) is 14.6. The third-order valence-corrected chi connectivity index (χ3v) is 4.69. The highest BCUT2D eigenvalue weighted by molar-refractivity contribution is 5.88. The lowest BCUT2D eigenvalue weighted by Crippen LogP contribution is -2.13. The molecule has 0 fully saturated rings. The molecule has 0 aliphatic heterocycles. The van der Waals surface area contributed by atoms with Crippen molar-refractivity contribution in [3.63, 3.8) is 0 Å². The molecule has 4 aromatic rings. The smallest absolute Gasteiger partial charge is 0.349 e. The molecule has 4 rings (SSSR count). The minimum absolute atomic E-state index is 0.0108. The number of carbonyl (C=O) groups excluding carboxylic acids is 1. The van der Waals surface area contributed by atoms with Crippen molar-refractivity contribution in [2.75, 3.05) is 0 Å². The van der Waals surface area contributed by atoms with Crippen LogP contribution in [0.3, 0.4) is 0 Å². The van der Waals surface area contributed by atoms with Gasteiger partial charge in [-0.2, -0.15) is 4.98 Å². The van der Waals surface area contributed by atoms with Crippen LogP contribution in [0.2, 0.25) is 0 Å². The highest BCUT2D eigenvalue weighted by Crippen LogP contribution is 2.34. The molecule has 2 heterocycles. The second-order valence-corrected chi connectivity index (χ2v) is 8.09. The summed E-state index contributed by atoms with van der Waals surface area (Å²) >= 11 is 0. The van der Waals surface area contributed by atoms with Gasteiger partial charge in [-0.15, -0.1) is 0 Å². The number of ether oxygens (including phenoxy) is 1. The van der Waals surface area contributed by atoms with Gasteiger partial charge in [-0.3, -0.25) is 4.79 Å². The van der Waals surface area contributed by atoms with Gasteiger partial charge in [0.1, 0.15) is 11.4 Å². The van der Waals surface area contributed by atoms with E-state index < -0.39 is 17.4 Å². The maximum Gasteiger partial charge on any atom is 0.349 e. The molecule has 0 atom stereocenters. The van der Waals surface area contributed by atoms with Gasteiger partial charge in [0.05, 0.1) is 5.56 Å². The lowest BCUT2D eigenvalue weighted by molar-refractivity contribution is -0.131. The fourth-order valence-corrected chi connectivity index (χ4v) is 3.10. The molecule has 2 aromatic carbocycles. The van der Waals surface area contributed by atoms with Gasteiger partial charge < -0.3 is 13.7 Å². The van der Waals surface area contributed by atoms with Crippen molar-refractivity contribution in [3.05, 3.63) is 64.3 Å². The van der Waals surface area contributed by atoms with E-state index in [0.717, 1.165) is 5.56 Å². The summed E-state index contributed by atoms with van der Waals surface area (Å²) in [5.41, 5.74) is 0.145. The van der Waals surface area contributed by atoms with Gasteiger partial charge >= 0.3 is 11.6 Å². The number of aromatic nitrogens is 2. The summed E-state index contributed by atoms with van der Waals surface area (Å²) in [6, 6.07) is 11.0. The third-order valence-electron chi connectivity index (χ3n) is 4.69. The summed E-state index contributed by atoms with van der Waals surface area (Å²) in [7, 11) is 0. The Bertz CT molecular complexity index is 1360. The Balaban J connectivity index is 1.89. The quantitative estimate of drug-likeness (QED) is 0.264. The molecule has 0 aliphatic carbocycles. The molecule has 0 aliphatic rings. The molecule has 2 aromatic heterocycles. The zero-order valence-corrected chi connectivity index (χ0v) is 17.4. The first kappa shape index (κ1) is 20.5. The van der Waals surface area contributed by atoms with Crippen LogP contribution in [0.25, 0.3) is 33.8 Å². The van der Waals surface area contributed by atoms with Crippen molar-refractivity contribution in [2.45, 2.75) is 33.1 Å². The van der Waals surface area contributed by atoms with Gasteiger partial charge in [0.15, 0.2) is 11.3 Å². The fourth-order valence-electron chi connectivity index (χ4n) is 3.10. The molecule has 7 nitrogen and oxygen atoms in total. The number of fused-ring (bicyclic) bond motifs is 1. The molecule has 0 unspecified atom stereocenters. The van der Waals surface area contributed by atoms with Crippen molar-refractivity contribution >= 4 is 16.9 Å².